The summed E-state index contributed by atoms with van der Waals surface area (Å²) >= 11 is 0. The van der Waals surface area contributed by atoms with Crippen LogP contribution >= 0.6 is 0 Å². The van der Waals surface area contributed by atoms with Gasteiger partial charge in [0.15, 0.2) is 11.5 Å². The van der Waals surface area contributed by atoms with Crippen molar-refractivity contribution in [3.05, 3.63) is 58.7 Å². The monoisotopic (exact) mass is 408 g/mol. The van der Waals surface area contributed by atoms with Gasteiger partial charge in [-0.1, -0.05) is 12.1 Å². The number of carbonyl (C=O) groups is 1. The number of likely N-dealkylation sites (N-methyl/N-ethyl adjacent to an activating group) is 1. The lowest BCUT2D eigenvalue weighted by Crippen LogP contribution is -2.41. The van der Waals surface area contributed by atoms with Gasteiger partial charge in [-0.3, -0.25) is 4.99 Å². The van der Waals surface area contributed by atoms with Gasteiger partial charge in [-0.15, -0.1) is 0 Å². The van der Waals surface area contributed by atoms with Gasteiger partial charge in [0.05, 0.1) is 38.1 Å². The number of methoxy groups -OCH3 is 2. The lowest BCUT2D eigenvalue weighted by molar-refractivity contribution is 0.0600. The Morgan fingerprint density at radius 1 is 1.20 bits per heavy atom. The summed E-state index contributed by atoms with van der Waals surface area (Å²) in [5, 5.41) is 0. The van der Waals surface area contributed by atoms with Crippen molar-refractivity contribution in [2.45, 2.75) is 25.3 Å². The highest BCUT2D eigenvalue weighted by Gasteiger charge is 2.36. The van der Waals surface area contributed by atoms with E-state index in [-0.39, 0.29) is 12.0 Å². The minimum Gasteiger partial charge on any atom is -0.493 e. The third kappa shape index (κ3) is 3.67. The molecule has 2 heterocycles. The van der Waals surface area contributed by atoms with E-state index in [1.807, 2.05) is 31.2 Å². The normalized spacial score (nSPS) is 20.6. The minimum absolute atomic E-state index is 0.202. The van der Waals surface area contributed by atoms with E-state index in [1.165, 1.54) is 12.7 Å². The van der Waals surface area contributed by atoms with Crippen LogP contribution in [0.4, 0.5) is 0 Å². The molecule has 0 aliphatic carbocycles. The fourth-order valence-corrected chi connectivity index (χ4v) is 4.45. The van der Waals surface area contributed by atoms with Crippen LogP contribution in [0.3, 0.4) is 0 Å². The summed E-state index contributed by atoms with van der Waals surface area (Å²) in [6.07, 6.45) is 0.997. The van der Waals surface area contributed by atoms with Crippen molar-refractivity contribution in [1.82, 2.24) is 4.90 Å². The van der Waals surface area contributed by atoms with E-state index in [0.717, 1.165) is 42.1 Å². The van der Waals surface area contributed by atoms with Crippen LogP contribution in [0, 0.1) is 0 Å². The average Bonchev–Trinajstić information content (AvgIpc) is 2.78. The molecule has 0 saturated carbocycles. The summed E-state index contributed by atoms with van der Waals surface area (Å²) in [5.41, 5.74) is 4.58. The van der Waals surface area contributed by atoms with Crippen molar-refractivity contribution in [3.8, 4) is 11.5 Å². The van der Waals surface area contributed by atoms with Gasteiger partial charge < -0.3 is 19.1 Å². The Bertz CT molecular complexity index is 985. The number of nitrogens with zero attached hydrogens (tertiary/aromatic N) is 2. The van der Waals surface area contributed by atoms with Gasteiger partial charge >= 0.3 is 5.97 Å². The van der Waals surface area contributed by atoms with Gasteiger partial charge in [-0.05, 0) is 56.8 Å². The van der Waals surface area contributed by atoms with Crippen molar-refractivity contribution in [2.24, 2.45) is 4.99 Å². The SMILES string of the molecule is CCOc1cc2c(cc1OC)C(c1cccc(C(=O)OC)c1)=N[C@H]1CCN(C)C[C@@H]21. The standard InChI is InChI=1S/C24H28N2O4/c1-5-30-22-12-17-18(13-21(22)28-3)23(25-20-9-10-26(2)14-19(17)20)15-7-6-8-16(11-15)24(27)29-4/h6-8,11-13,19-20H,5,9-10,14H2,1-4H3/t19-,20-/m0/s1. The van der Waals surface area contributed by atoms with E-state index in [2.05, 4.69) is 18.0 Å². The number of benzene rings is 2. The second kappa shape index (κ2) is 8.48. The molecule has 0 aromatic heterocycles. The van der Waals surface area contributed by atoms with Crippen LogP contribution in [-0.4, -0.2) is 63.6 Å². The van der Waals surface area contributed by atoms with Gasteiger partial charge in [0.1, 0.15) is 0 Å². The van der Waals surface area contributed by atoms with E-state index in [1.54, 1.807) is 13.2 Å². The number of aliphatic imine (C=N–C) groups is 1. The Hall–Kier alpha value is -2.86. The largest absolute Gasteiger partial charge is 0.493 e. The molecule has 2 aliphatic rings. The van der Waals surface area contributed by atoms with Crippen molar-refractivity contribution < 1.29 is 19.0 Å². The Balaban J connectivity index is 1.87. The number of piperidine rings is 1. The number of likely N-dealkylation sites (tertiary alicyclic amines) is 1. The van der Waals surface area contributed by atoms with Crippen LogP contribution in [-0.2, 0) is 4.74 Å². The molecule has 0 bridgehead atoms. The molecule has 0 N–H and O–H groups in total. The van der Waals surface area contributed by atoms with Crippen LogP contribution in [0.15, 0.2) is 41.4 Å². The number of carbonyl (C=O) groups excluding carboxylic acids is 1. The molecule has 1 fully saturated rings. The maximum absolute atomic E-state index is 12.1. The van der Waals surface area contributed by atoms with E-state index >= 15 is 0 Å². The van der Waals surface area contributed by atoms with E-state index in [0.29, 0.717) is 23.8 Å². The summed E-state index contributed by atoms with van der Waals surface area (Å²) in [4.78, 5) is 19.6. The molecule has 30 heavy (non-hydrogen) atoms. The van der Waals surface area contributed by atoms with E-state index in [4.69, 9.17) is 19.2 Å². The number of fused-ring (bicyclic) bond motifs is 3. The second-order valence-electron chi connectivity index (χ2n) is 7.80. The summed E-state index contributed by atoms with van der Waals surface area (Å²) in [5.74, 6) is 1.40. The smallest absolute Gasteiger partial charge is 0.337 e. The van der Waals surface area contributed by atoms with Crippen LogP contribution in [0.25, 0.3) is 0 Å². The molecule has 6 heteroatoms. The lowest BCUT2D eigenvalue weighted by atomic mass is 9.79. The highest BCUT2D eigenvalue weighted by Crippen LogP contribution is 2.42. The topological polar surface area (TPSA) is 60.4 Å². The summed E-state index contributed by atoms with van der Waals surface area (Å²) in [7, 11) is 5.20. The highest BCUT2D eigenvalue weighted by atomic mass is 16.5. The number of ether oxygens (including phenoxy) is 3. The van der Waals surface area contributed by atoms with Gasteiger partial charge in [-0.2, -0.15) is 0 Å². The van der Waals surface area contributed by atoms with Crippen LogP contribution in [0.2, 0.25) is 0 Å². The van der Waals surface area contributed by atoms with Crippen molar-refractivity contribution in [2.75, 3.05) is 41.0 Å². The number of rotatable bonds is 5. The molecule has 4 rings (SSSR count). The van der Waals surface area contributed by atoms with Crippen molar-refractivity contribution >= 4 is 11.7 Å². The van der Waals surface area contributed by atoms with Crippen LogP contribution < -0.4 is 9.47 Å². The Morgan fingerprint density at radius 2 is 2.03 bits per heavy atom. The second-order valence-corrected chi connectivity index (χ2v) is 7.80. The van der Waals surface area contributed by atoms with E-state index in [9.17, 15) is 4.79 Å². The summed E-state index contributed by atoms with van der Waals surface area (Å²) in [6, 6.07) is 11.8. The molecule has 158 valence electrons. The molecule has 2 aromatic carbocycles. The fraction of sp³-hybridized carbons (Fsp3) is 0.417. The molecule has 2 aliphatic heterocycles. The third-order valence-corrected chi connectivity index (χ3v) is 5.92. The fourth-order valence-electron chi connectivity index (χ4n) is 4.45. The average molecular weight is 408 g/mol. The maximum Gasteiger partial charge on any atom is 0.337 e. The van der Waals surface area contributed by atoms with Crippen LogP contribution in [0.1, 0.15) is 46.3 Å². The van der Waals surface area contributed by atoms with Crippen molar-refractivity contribution in [1.29, 1.82) is 0 Å². The molecular weight excluding hydrogens is 380 g/mol. The first-order valence-corrected chi connectivity index (χ1v) is 10.4. The zero-order valence-corrected chi connectivity index (χ0v) is 18.0. The maximum atomic E-state index is 12.1. The van der Waals surface area contributed by atoms with Gasteiger partial charge in [0.25, 0.3) is 0 Å². The number of hydrogen-bond donors (Lipinski definition) is 0. The molecule has 6 nitrogen and oxygen atoms in total. The van der Waals surface area contributed by atoms with E-state index < -0.39 is 0 Å². The molecule has 0 unspecified atom stereocenters. The Labute approximate surface area is 177 Å². The first kappa shape index (κ1) is 20.4. The van der Waals surface area contributed by atoms with Gasteiger partial charge in [0, 0.05) is 23.6 Å². The molecule has 2 aromatic rings. The molecule has 0 amide bonds. The predicted octanol–water partition coefficient (Wildman–Crippen LogP) is 3.52. The van der Waals surface area contributed by atoms with Crippen LogP contribution in [0.5, 0.6) is 11.5 Å². The van der Waals surface area contributed by atoms with Gasteiger partial charge in [-0.25, -0.2) is 4.79 Å². The highest BCUT2D eigenvalue weighted by molar-refractivity contribution is 6.15. The Morgan fingerprint density at radius 3 is 2.77 bits per heavy atom. The quantitative estimate of drug-likeness (QED) is 0.709. The lowest BCUT2D eigenvalue weighted by Gasteiger charge is -2.39. The summed E-state index contributed by atoms with van der Waals surface area (Å²) in [6.45, 7) is 4.52. The molecule has 1 saturated heterocycles. The summed E-state index contributed by atoms with van der Waals surface area (Å²) < 4.78 is 16.4. The zero-order chi connectivity index (χ0) is 21.3. The molecule has 0 spiro atoms. The number of hydrogen-bond acceptors (Lipinski definition) is 6. The zero-order valence-electron chi connectivity index (χ0n) is 18.0. The van der Waals surface area contributed by atoms with Crippen molar-refractivity contribution in [3.63, 3.8) is 0 Å². The predicted molar refractivity (Wildman–Crippen MR) is 116 cm³/mol. The molecular formula is C24H28N2O4. The number of esters is 1. The Kier molecular flexibility index (Phi) is 5.77. The first-order chi connectivity index (χ1) is 14.5. The third-order valence-electron chi connectivity index (χ3n) is 5.92. The molecule has 0 radical (unpaired) electrons. The molecule has 2 atom stereocenters. The first-order valence-electron chi connectivity index (χ1n) is 10.4. The van der Waals surface area contributed by atoms with Gasteiger partial charge in [0.2, 0.25) is 0 Å². The minimum atomic E-state index is -0.352.